The molecule has 2 heterocycles. The predicted molar refractivity (Wildman–Crippen MR) is 77.7 cm³/mol. The van der Waals surface area contributed by atoms with Crippen LogP contribution in [0, 0.1) is 0 Å². The lowest BCUT2D eigenvalue weighted by molar-refractivity contribution is -0.191. The summed E-state index contributed by atoms with van der Waals surface area (Å²) in [6, 6.07) is -0.843. The van der Waals surface area contributed by atoms with Gasteiger partial charge in [-0.1, -0.05) is 0 Å². The lowest BCUT2D eigenvalue weighted by Crippen LogP contribution is -2.64. The van der Waals surface area contributed by atoms with Gasteiger partial charge in [0, 0.05) is 32.2 Å². The number of nitrogens with one attached hydrogen (secondary N) is 2. The number of rotatable bonds is 3. The Bertz CT molecular complexity index is 438. The number of alkyl halides is 3. The molecule has 23 heavy (non-hydrogen) atoms. The van der Waals surface area contributed by atoms with Gasteiger partial charge in [0.1, 0.15) is 6.04 Å². The van der Waals surface area contributed by atoms with Gasteiger partial charge in [0.25, 0.3) is 0 Å². The topological polar surface area (TPSA) is 64.7 Å². The van der Waals surface area contributed by atoms with Crippen LogP contribution in [-0.4, -0.2) is 79.1 Å². The first-order chi connectivity index (χ1) is 10.8. The highest BCUT2D eigenvalue weighted by Gasteiger charge is 2.48. The zero-order valence-electron chi connectivity index (χ0n) is 13.2. The van der Waals surface area contributed by atoms with Crippen molar-refractivity contribution in [2.75, 3.05) is 39.3 Å². The molecule has 1 unspecified atom stereocenters. The standard InChI is InChI=1S/C14H23F3N4O2/c1-2-19-12(22)11-9-20(10-3-5-18-6-4-10)7-8-21(11)13(23)14(15,16)17/h10-11,18H,2-9H2,1H3,(H,19,22). The summed E-state index contributed by atoms with van der Waals surface area (Å²) < 4.78 is 38.3. The molecule has 2 saturated heterocycles. The maximum Gasteiger partial charge on any atom is 0.471 e. The van der Waals surface area contributed by atoms with Crippen molar-refractivity contribution < 1.29 is 22.8 Å². The largest absolute Gasteiger partial charge is 0.471 e. The van der Waals surface area contributed by atoms with Crippen LogP contribution in [0.15, 0.2) is 0 Å². The highest BCUT2D eigenvalue weighted by atomic mass is 19.4. The van der Waals surface area contributed by atoms with E-state index >= 15 is 0 Å². The molecule has 0 aliphatic carbocycles. The Hall–Kier alpha value is -1.35. The lowest BCUT2D eigenvalue weighted by Gasteiger charge is -2.44. The van der Waals surface area contributed by atoms with Gasteiger partial charge in [-0.05, 0) is 32.9 Å². The van der Waals surface area contributed by atoms with Gasteiger partial charge in [-0.15, -0.1) is 0 Å². The van der Waals surface area contributed by atoms with Crippen molar-refractivity contribution in [2.24, 2.45) is 0 Å². The predicted octanol–water partition coefficient (Wildman–Crippen LogP) is -0.0504. The van der Waals surface area contributed by atoms with E-state index in [4.69, 9.17) is 0 Å². The Morgan fingerprint density at radius 2 is 1.87 bits per heavy atom. The Balaban J connectivity index is 2.11. The van der Waals surface area contributed by atoms with Crippen LogP contribution in [0.3, 0.4) is 0 Å². The number of carbonyl (C=O) groups is 2. The first kappa shape index (κ1) is 18.0. The van der Waals surface area contributed by atoms with Crippen LogP contribution >= 0.6 is 0 Å². The van der Waals surface area contributed by atoms with Crippen LogP contribution in [0.1, 0.15) is 19.8 Å². The average Bonchev–Trinajstić information content (AvgIpc) is 2.54. The Kier molecular flexibility index (Phi) is 5.85. The number of nitrogens with zero attached hydrogens (tertiary/aromatic N) is 2. The Morgan fingerprint density at radius 1 is 1.22 bits per heavy atom. The summed E-state index contributed by atoms with van der Waals surface area (Å²) in [5.74, 6) is -2.46. The van der Waals surface area contributed by atoms with E-state index < -0.39 is 24.0 Å². The third kappa shape index (κ3) is 4.35. The molecule has 0 aromatic heterocycles. The van der Waals surface area contributed by atoms with Crippen LogP contribution in [0.5, 0.6) is 0 Å². The quantitative estimate of drug-likeness (QED) is 0.759. The number of piperazine rings is 1. The minimum Gasteiger partial charge on any atom is -0.355 e. The summed E-state index contributed by atoms with van der Waals surface area (Å²) in [6.45, 7) is 4.17. The molecule has 2 amide bonds. The van der Waals surface area contributed by atoms with Crippen LogP contribution in [0.2, 0.25) is 0 Å². The van der Waals surface area contributed by atoms with Gasteiger partial charge in [-0.25, -0.2) is 0 Å². The van der Waals surface area contributed by atoms with Crippen LogP contribution < -0.4 is 10.6 Å². The van der Waals surface area contributed by atoms with Gasteiger partial charge in [0.15, 0.2) is 0 Å². The van der Waals surface area contributed by atoms with Crippen LogP contribution in [0.4, 0.5) is 13.2 Å². The fraction of sp³-hybridized carbons (Fsp3) is 0.857. The maximum absolute atomic E-state index is 12.8. The Morgan fingerprint density at radius 3 is 2.43 bits per heavy atom. The molecule has 0 bridgehead atoms. The molecule has 132 valence electrons. The van der Waals surface area contributed by atoms with Crippen molar-refractivity contribution >= 4 is 11.8 Å². The molecule has 6 nitrogen and oxygen atoms in total. The monoisotopic (exact) mass is 336 g/mol. The minimum absolute atomic E-state index is 0.0793. The second kappa shape index (κ2) is 7.48. The third-order valence-corrected chi connectivity index (χ3v) is 4.39. The second-order valence-electron chi connectivity index (χ2n) is 5.88. The van der Waals surface area contributed by atoms with E-state index in [1.54, 1.807) is 6.92 Å². The van der Waals surface area contributed by atoms with E-state index in [9.17, 15) is 22.8 Å². The van der Waals surface area contributed by atoms with Gasteiger partial charge in [0.05, 0.1) is 0 Å². The molecule has 2 aliphatic rings. The number of carbonyl (C=O) groups excluding carboxylic acids is 2. The summed E-state index contributed by atoms with van der Waals surface area (Å²) in [4.78, 5) is 26.5. The summed E-state index contributed by atoms with van der Waals surface area (Å²) >= 11 is 0. The van der Waals surface area contributed by atoms with Gasteiger partial charge in [-0.3, -0.25) is 14.5 Å². The SMILES string of the molecule is CCNC(=O)C1CN(C2CCNCC2)CCN1C(=O)C(F)(F)F. The van der Waals surface area contributed by atoms with Crippen molar-refractivity contribution in [1.82, 2.24) is 20.4 Å². The molecule has 2 aliphatic heterocycles. The number of likely N-dealkylation sites (N-methyl/N-ethyl adjacent to an activating group) is 1. The summed E-state index contributed by atoms with van der Waals surface area (Å²) in [7, 11) is 0. The van der Waals surface area contributed by atoms with Gasteiger partial charge in [0.2, 0.25) is 5.91 Å². The van der Waals surface area contributed by atoms with Gasteiger partial charge >= 0.3 is 12.1 Å². The van der Waals surface area contributed by atoms with Crippen molar-refractivity contribution in [2.45, 2.75) is 38.0 Å². The second-order valence-corrected chi connectivity index (χ2v) is 5.88. The van der Waals surface area contributed by atoms with Crippen molar-refractivity contribution in [1.29, 1.82) is 0 Å². The van der Waals surface area contributed by atoms with Gasteiger partial charge < -0.3 is 15.5 Å². The van der Waals surface area contributed by atoms with Crippen molar-refractivity contribution in [3.8, 4) is 0 Å². The molecule has 0 aromatic carbocycles. The van der Waals surface area contributed by atoms with E-state index in [1.165, 1.54) is 0 Å². The molecule has 9 heteroatoms. The minimum atomic E-state index is -4.96. The zero-order chi connectivity index (χ0) is 17.0. The smallest absolute Gasteiger partial charge is 0.355 e. The molecular formula is C14H23F3N4O2. The van der Waals surface area contributed by atoms with E-state index in [1.807, 2.05) is 4.90 Å². The Labute approximate surface area is 133 Å². The molecule has 0 aromatic rings. The number of halogens is 3. The van der Waals surface area contributed by atoms with E-state index in [-0.39, 0.29) is 19.1 Å². The first-order valence-electron chi connectivity index (χ1n) is 7.95. The highest BCUT2D eigenvalue weighted by molar-refractivity contribution is 5.90. The van der Waals surface area contributed by atoms with Gasteiger partial charge in [-0.2, -0.15) is 13.2 Å². The van der Waals surface area contributed by atoms with Crippen LogP contribution in [0.25, 0.3) is 0 Å². The number of hydrogen-bond acceptors (Lipinski definition) is 4. The molecule has 0 saturated carbocycles. The average molecular weight is 336 g/mol. The molecular weight excluding hydrogens is 313 g/mol. The summed E-state index contributed by atoms with van der Waals surface area (Å²) in [5, 5.41) is 5.77. The normalized spacial score (nSPS) is 24.5. The van der Waals surface area contributed by atoms with E-state index in [0.717, 1.165) is 25.9 Å². The van der Waals surface area contributed by atoms with Crippen molar-refractivity contribution in [3.05, 3.63) is 0 Å². The van der Waals surface area contributed by atoms with E-state index in [0.29, 0.717) is 18.0 Å². The fourth-order valence-electron chi connectivity index (χ4n) is 3.23. The summed E-state index contributed by atoms with van der Waals surface area (Å²) in [6.07, 6.45) is -3.16. The molecule has 0 spiro atoms. The highest BCUT2D eigenvalue weighted by Crippen LogP contribution is 2.24. The lowest BCUT2D eigenvalue weighted by atomic mass is 10.0. The van der Waals surface area contributed by atoms with Crippen molar-refractivity contribution in [3.63, 3.8) is 0 Å². The maximum atomic E-state index is 12.8. The number of amides is 2. The molecule has 2 rings (SSSR count). The molecule has 1 atom stereocenters. The molecule has 2 fully saturated rings. The zero-order valence-corrected chi connectivity index (χ0v) is 13.2. The van der Waals surface area contributed by atoms with E-state index in [2.05, 4.69) is 10.6 Å². The first-order valence-corrected chi connectivity index (χ1v) is 7.95. The summed E-state index contributed by atoms with van der Waals surface area (Å²) in [5.41, 5.74) is 0. The fourth-order valence-corrected chi connectivity index (χ4v) is 3.23. The molecule has 2 N–H and O–H groups in total. The number of hydrogen-bond donors (Lipinski definition) is 2. The molecule has 0 radical (unpaired) electrons. The number of piperidine rings is 1. The third-order valence-electron chi connectivity index (χ3n) is 4.39. The van der Waals surface area contributed by atoms with Crippen LogP contribution in [-0.2, 0) is 9.59 Å².